The molecule has 1 aliphatic rings. The molecule has 33 heavy (non-hydrogen) atoms. The molecule has 1 aliphatic heterocycles. The van der Waals surface area contributed by atoms with Gasteiger partial charge < -0.3 is 15.7 Å². The monoisotopic (exact) mass is 466 g/mol. The minimum absolute atomic E-state index is 0.0299. The summed E-state index contributed by atoms with van der Waals surface area (Å²) < 4.78 is 0. The molecule has 4 rings (SSSR count). The SMILES string of the molecule is NC(=O)c1ncsc1N(C(=O)c1ccc(CN2CCN(C(=O)O)CC2)cc1)c1ccncc1. The number of amides is 3. The number of nitrogens with two attached hydrogens (primary N) is 1. The molecule has 2 aromatic heterocycles. The van der Waals surface area contributed by atoms with Crippen molar-refractivity contribution < 1.29 is 19.5 Å². The summed E-state index contributed by atoms with van der Waals surface area (Å²) in [6, 6.07) is 10.6. The van der Waals surface area contributed by atoms with E-state index in [4.69, 9.17) is 10.8 Å². The van der Waals surface area contributed by atoms with Crippen molar-refractivity contribution in [1.82, 2.24) is 19.8 Å². The zero-order valence-electron chi connectivity index (χ0n) is 17.6. The van der Waals surface area contributed by atoms with E-state index >= 15 is 0 Å². The first-order valence-electron chi connectivity index (χ1n) is 10.2. The molecular formula is C22H22N6O4S. The van der Waals surface area contributed by atoms with E-state index in [1.807, 2.05) is 12.1 Å². The van der Waals surface area contributed by atoms with Gasteiger partial charge in [0, 0.05) is 50.7 Å². The standard InChI is InChI=1S/C22H22N6O4S/c23-19(29)18-21(33-14-25-18)28(17-5-7-24-8-6-17)20(30)16-3-1-15(2-4-16)13-26-9-11-27(12-10-26)22(31)32/h1-8,14H,9-13H2,(H2,23,29)(H,31,32). The van der Waals surface area contributed by atoms with Crippen molar-refractivity contribution >= 4 is 39.9 Å². The van der Waals surface area contributed by atoms with E-state index in [9.17, 15) is 14.4 Å². The summed E-state index contributed by atoms with van der Waals surface area (Å²) in [5.74, 6) is -1.04. The van der Waals surface area contributed by atoms with Crippen LogP contribution in [0, 0.1) is 0 Å². The van der Waals surface area contributed by atoms with Crippen molar-refractivity contribution in [3.63, 3.8) is 0 Å². The molecule has 3 heterocycles. The number of thiazole rings is 1. The van der Waals surface area contributed by atoms with E-state index in [-0.39, 0.29) is 11.6 Å². The molecule has 3 aromatic rings. The van der Waals surface area contributed by atoms with Crippen LogP contribution in [0.15, 0.2) is 54.3 Å². The third-order valence-electron chi connectivity index (χ3n) is 5.36. The van der Waals surface area contributed by atoms with Crippen LogP contribution >= 0.6 is 11.3 Å². The lowest BCUT2D eigenvalue weighted by Gasteiger charge is -2.33. The summed E-state index contributed by atoms with van der Waals surface area (Å²) in [4.78, 5) is 49.4. The predicted octanol–water partition coefficient (Wildman–Crippen LogP) is 2.41. The molecular weight excluding hydrogens is 444 g/mol. The number of pyridine rings is 1. The lowest BCUT2D eigenvalue weighted by Crippen LogP contribution is -2.47. The van der Waals surface area contributed by atoms with Crippen LogP contribution in [0.2, 0.25) is 0 Å². The van der Waals surface area contributed by atoms with Gasteiger partial charge in [-0.2, -0.15) is 0 Å². The van der Waals surface area contributed by atoms with Crippen molar-refractivity contribution in [2.24, 2.45) is 5.73 Å². The van der Waals surface area contributed by atoms with Gasteiger partial charge in [0.2, 0.25) is 0 Å². The fourth-order valence-electron chi connectivity index (χ4n) is 3.62. The Bertz CT molecular complexity index is 1140. The number of nitrogens with zero attached hydrogens (tertiary/aromatic N) is 5. The zero-order valence-corrected chi connectivity index (χ0v) is 18.4. The van der Waals surface area contributed by atoms with E-state index in [0.29, 0.717) is 49.0 Å². The molecule has 3 N–H and O–H groups in total. The Labute approximate surface area is 193 Å². The number of benzene rings is 1. The van der Waals surface area contributed by atoms with Gasteiger partial charge in [-0.1, -0.05) is 12.1 Å². The summed E-state index contributed by atoms with van der Waals surface area (Å²) in [5.41, 5.74) is 8.97. The fraction of sp³-hybridized carbons (Fsp3) is 0.227. The normalized spacial score (nSPS) is 14.1. The van der Waals surface area contributed by atoms with Crippen LogP contribution in [-0.4, -0.2) is 69.0 Å². The molecule has 11 heteroatoms. The van der Waals surface area contributed by atoms with Gasteiger partial charge in [-0.3, -0.25) is 24.4 Å². The largest absolute Gasteiger partial charge is 0.465 e. The van der Waals surface area contributed by atoms with Gasteiger partial charge in [-0.25, -0.2) is 9.78 Å². The highest BCUT2D eigenvalue weighted by Gasteiger charge is 2.26. The van der Waals surface area contributed by atoms with E-state index in [1.54, 1.807) is 36.7 Å². The molecule has 0 spiro atoms. The van der Waals surface area contributed by atoms with Gasteiger partial charge in [0.15, 0.2) is 5.69 Å². The first-order chi connectivity index (χ1) is 15.9. The predicted molar refractivity (Wildman–Crippen MR) is 123 cm³/mol. The van der Waals surface area contributed by atoms with Crippen LogP contribution < -0.4 is 10.6 Å². The Morgan fingerprint density at radius 3 is 2.30 bits per heavy atom. The van der Waals surface area contributed by atoms with E-state index in [0.717, 1.165) is 16.9 Å². The Morgan fingerprint density at radius 1 is 1.03 bits per heavy atom. The van der Waals surface area contributed by atoms with Gasteiger partial charge >= 0.3 is 6.09 Å². The Balaban J connectivity index is 1.53. The smallest absolute Gasteiger partial charge is 0.407 e. The Hall–Kier alpha value is -3.83. The molecule has 0 unspecified atom stereocenters. The number of primary amides is 1. The van der Waals surface area contributed by atoms with Crippen LogP contribution in [0.4, 0.5) is 15.5 Å². The highest BCUT2D eigenvalue weighted by atomic mass is 32.1. The van der Waals surface area contributed by atoms with Crippen molar-refractivity contribution in [1.29, 1.82) is 0 Å². The van der Waals surface area contributed by atoms with Gasteiger partial charge in [0.05, 0.1) is 11.2 Å². The third-order valence-corrected chi connectivity index (χ3v) is 6.17. The minimum Gasteiger partial charge on any atom is -0.465 e. The Kier molecular flexibility index (Phi) is 6.61. The number of hydrogen-bond donors (Lipinski definition) is 2. The van der Waals surface area contributed by atoms with Crippen LogP contribution in [-0.2, 0) is 6.54 Å². The third kappa shape index (κ3) is 4.99. The number of rotatable bonds is 6. The number of anilines is 2. The molecule has 0 saturated carbocycles. The van der Waals surface area contributed by atoms with Crippen LogP contribution in [0.3, 0.4) is 0 Å². The van der Waals surface area contributed by atoms with E-state index in [2.05, 4.69) is 14.9 Å². The molecule has 3 amide bonds. The highest BCUT2D eigenvalue weighted by molar-refractivity contribution is 7.14. The first kappa shape index (κ1) is 22.4. The maximum atomic E-state index is 13.5. The lowest BCUT2D eigenvalue weighted by molar-refractivity contribution is 0.0994. The summed E-state index contributed by atoms with van der Waals surface area (Å²) in [6.45, 7) is 2.93. The van der Waals surface area contributed by atoms with Gasteiger partial charge in [0.1, 0.15) is 5.00 Å². The lowest BCUT2D eigenvalue weighted by atomic mass is 10.1. The van der Waals surface area contributed by atoms with E-state index in [1.165, 1.54) is 15.3 Å². The number of carboxylic acid groups (broad SMARTS) is 1. The van der Waals surface area contributed by atoms with Crippen molar-refractivity contribution in [2.75, 3.05) is 31.1 Å². The summed E-state index contributed by atoms with van der Waals surface area (Å²) >= 11 is 1.15. The average Bonchev–Trinajstić information content (AvgIpc) is 3.30. The molecule has 0 aliphatic carbocycles. The molecule has 1 fully saturated rings. The minimum atomic E-state index is -0.892. The van der Waals surface area contributed by atoms with Gasteiger partial charge in [-0.15, -0.1) is 11.3 Å². The number of piperazine rings is 1. The van der Waals surface area contributed by atoms with Crippen LogP contribution in [0.5, 0.6) is 0 Å². The number of hydrogen-bond acceptors (Lipinski definition) is 7. The zero-order chi connectivity index (χ0) is 23.4. The molecule has 0 atom stereocenters. The van der Waals surface area contributed by atoms with Crippen LogP contribution in [0.25, 0.3) is 0 Å². The molecule has 0 radical (unpaired) electrons. The second kappa shape index (κ2) is 9.76. The molecule has 1 aromatic carbocycles. The number of aromatic nitrogens is 2. The van der Waals surface area contributed by atoms with Crippen molar-refractivity contribution in [3.05, 3.63) is 71.1 Å². The fourth-order valence-corrected chi connectivity index (χ4v) is 4.44. The Morgan fingerprint density at radius 2 is 1.70 bits per heavy atom. The number of carbonyl (C=O) groups is 3. The van der Waals surface area contributed by atoms with Crippen LogP contribution in [0.1, 0.15) is 26.4 Å². The van der Waals surface area contributed by atoms with E-state index < -0.39 is 12.0 Å². The second-order valence-corrected chi connectivity index (χ2v) is 8.29. The average molecular weight is 467 g/mol. The molecule has 170 valence electrons. The van der Waals surface area contributed by atoms with Crippen molar-refractivity contribution in [3.8, 4) is 0 Å². The second-order valence-electron chi connectivity index (χ2n) is 7.46. The van der Waals surface area contributed by atoms with Gasteiger partial charge in [-0.05, 0) is 29.8 Å². The summed E-state index contributed by atoms with van der Waals surface area (Å²) in [6.07, 6.45) is 2.23. The number of carbonyl (C=O) groups excluding carboxylic acids is 2. The van der Waals surface area contributed by atoms with Gasteiger partial charge in [0.25, 0.3) is 11.8 Å². The topological polar surface area (TPSA) is 133 Å². The first-order valence-corrected chi connectivity index (χ1v) is 11.1. The quantitative estimate of drug-likeness (QED) is 0.570. The summed E-state index contributed by atoms with van der Waals surface area (Å²) in [5, 5.41) is 9.43. The molecule has 1 saturated heterocycles. The molecule has 0 bridgehead atoms. The highest BCUT2D eigenvalue weighted by Crippen LogP contribution is 2.33. The molecule has 10 nitrogen and oxygen atoms in total. The maximum absolute atomic E-state index is 13.5. The maximum Gasteiger partial charge on any atom is 0.407 e. The van der Waals surface area contributed by atoms with Crippen molar-refractivity contribution in [2.45, 2.75) is 6.54 Å². The summed E-state index contributed by atoms with van der Waals surface area (Å²) in [7, 11) is 0.